The first kappa shape index (κ1) is 22.5. The molecule has 0 radical (unpaired) electrons. The van der Waals surface area contributed by atoms with Gasteiger partial charge in [0.15, 0.2) is 0 Å². The van der Waals surface area contributed by atoms with E-state index < -0.39 is 6.09 Å². The van der Waals surface area contributed by atoms with Crippen LogP contribution in [0, 0.1) is 0 Å². The van der Waals surface area contributed by atoms with E-state index in [2.05, 4.69) is 0 Å². The second kappa shape index (κ2) is 11.2. The summed E-state index contributed by atoms with van der Waals surface area (Å²) in [6.45, 7) is 0.633. The van der Waals surface area contributed by atoms with E-state index in [1.807, 2.05) is 0 Å². The van der Waals surface area contributed by atoms with Crippen LogP contribution in [0.25, 0.3) is 0 Å². The number of nitrogens with zero attached hydrogens (tertiary/aromatic N) is 2. The van der Waals surface area contributed by atoms with Crippen LogP contribution in [0.1, 0.15) is 32.1 Å². The zero-order valence-corrected chi connectivity index (χ0v) is 17.2. The minimum atomic E-state index is -0.396. The molecular weight excluding hydrogens is 384 g/mol. The number of rotatable bonds is 8. The number of hydrogen-bond donors (Lipinski definition) is 1. The SMILES string of the molecule is CN(CCCO)C(=O)COC1CCC(N(C)C(=O)Oc2ccc(Cl)cc2)CC1. The largest absolute Gasteiger partial charge is 0.415 e. The van der Waals surface area contributed by atoms with Crippen LogP contribution in [0.4, 0.5) is 4.79 Å². The lowest BCUT2D eigenvalue weighted by molar-refractivity contribution is -0.137. The van der Waals surface area contributed by atoms with Gasteiger partial charge in [0, 0.05) is 38.3 Å². The fourth-order valence-corrected chi connectivity index (χ4v) is 3.28. The number of halogens is 1. The Kier molecular flexibility index (Phi) is 9.02. The number of aliphatic hydroxyl groups excluding tert-OH is 1. The molecule has 7 nitrogen and oxygen atoms in total. The Labute approximate surface area is 171 Å². The molecule has 1 fully saturated rings. The van der Waals surface area contributed by atoms with Crippen molar-refractivity contribution in [3.63, 3.8) is 0 Å². The Morgan fingerprint density at radius 1 is 1.14 bits per heavy atom. The average molecular weight is 413 g/mol. The van der Waals surface area contributed by atoms with Gasteiger partial charge in [-0.1, -0.05) is 11.6 Å². The van der Waals surface area contributed by atoms with Crippen molar-refractivity contribution in [2.45, 2.75) is 44.2 Å². The van der Waals surface area contributed by atoms with E-state index in [-0.39, 0.29) is 31.3 Å². The van der Waals surface area contributed by atoms with Gasteiger partial charge in [-0.15, -0.1) is 0 Å². The smallest absolute Gasteiger partial charge is 0.410 e. The molecule has 1 aliphatic carbocycles. The summed E-state index contributed by atoms with van der Waals surface area (Å²) in [6, 6.07) is 6.76. The second-order valence-corrected chi connectivity index (χ2v) is 7.50. The van der Waals surface area contributed by atoms with Crippen LogP contribution in [0.15, 0.2) is 24.3 Å². The van der Waals surface area contributed by atoms with Gasteiger partial charge in [0.05, 0.1) is 6.10 Å². The molecule has 28 heavy (non-hydrogen) atoms. The van der Waals surface area contributed by atoms with E-state index in [4.69, 9.17) is 26.2 Å². The molecule has 0 atom stereocenters. The summed E-state index contributed by atoms with van der Waals surface area (Å²) < 4.78 is 11.1. The normalized spacial score (nSPS) is 19.1. The van der Waals surface area contributed by atoms with E-state index in [1.54, 1.807) is 48.2 Å². The number of likely N-dealkylation sites (N-methyl/N-ethyl adjacent to an activating group) is 1. The van der Waals surface area contributed by atoms with Crippen molar-refractivity contribution in [2.75, 3.05) is 33.9 Å². The van der Waals surface area contributed by atoms with Crippen molar-refractivity contribution >= 4 is 23.6 Å². The van der Waals surface area contributed by atoms with E-state index in [1.165, 1.54) is 0 Å². The fraction of sp³-hybridized carbons (Fsp3) is 0.600. The Bertz CT molecular complexity index is 632. The highest BCUT2D eigenvalue weighted by atomic mass is 35.5. The maximum atomic E-state index is 12.3. The number of hydrogen-bond acceptors (Lipinski definition) is 5. The highest BCUT2D eigenvalue weighted by Gasteiger charge is 2.28. The van der Waals surface area contributed by atoms with Crippen LogP contribution < -0.4 is 4.74 Å². The van der Waals surface area contributed by atoms with Gasteiger partial charge in [-0.25, -0.2) is 4.79 Å². The molecular formula is C20H29ClN2O5. The van der Waals surface area contributed by atoms with Crippen LogP contribution in [-0.2, 0) is 9.53 Å². The molecule has 2 amide bonds. The lowest BCUT2D eigenvalue weighted by Crippen LogP contribution is -2.42. The molecule has 156 valence electrons. The second-order valence-electron chi connectivity index (χ2n) is 7.07. The molecule has 1 aromatic carbocycles. The number of benzene rings is 1. The molecule has 1 aliphatic rings. The van der Waals surface area contributed by atoms with Crippen LogP contribution in [0.5, 0.6) is 5.75 Å². The molecule has 1 aromatic rings. The number of amides is 2. The van der Waals surface area contributed by atoms with Crippen molar-refractivity contribution in [1.29, 1.82) is 0 Å². The zero-order chi connectivity index (χ0) is 20.5. The molecule has 0 spiro atoms. The van der Waals surface area contributed by atoms with Gasteiger partial charge in [-0.2, -0.15) is 0 Å². The molecule has 8 heteroatoms. The van der Waals surface area contributed by atoms with E-state index in [0.29, 0.717) is 23.7 Å². The quantitative estimate of drug-likeness (QED) is 0.710. The minimum absolute atomic E-state index is 0.0205. The zero-order valence-electron chi connectivity index (χ0n) is 16.5. The average Bonchev–Trinajstić information content (AvgIpc) is 2.71. The standard InChI is InChI=1S/C20H29ClN2O5/c1-22(12-3-13-24)19(25)14-27-17-10-6-16(7-11-17)23(2)20(26)28-18-8-4-15(21)5-9-18/h4-5,8-9,16-17,24H,3,6-7,10-14H2,1-2H3. The van der Waals surface area contributed by atoms with Crippen molar-refractivity contribution in [2.24, 2.45) is 0 Å². The van der Waals surface area contributed by atoms with Crippen LogP contribution in [0.3, 0.4) is 0 Å². The Morgan fingerprint density at radius 2 is 1.79 bits per heavy atom. The molecule has 0 saturated heterocycles. The minimum Gasteiger partial charge on any atom is -0.410 e. The summed E-state index contributed by atoms with van der Waals surface area (Å²) in [5.41, 5.74) is 0. The summed E-state index contributed by atoms with van der Waals surface area (Å²) >= 11 is 5.83. The molecule has 0 heterocycles. The third-order valence-electron chi connectivity index (χ3n) is 5.02. The van der Waals surface area contributed by atoms with Gasteiger partial charge < -0.3 is 24.4 Å². The lowest BCUT2D eigenvalue weighted by Gasteiger charge is -2.34. The van der Waals surface area contributed by atoms with Crippen molar-refractivity contribution in [1.82, 2.24) is 9.80 Å². The summed E-state index contributed by atoms with van der Waals surface area (Å²) in [6.07, 6.45) is 3.36. The summed E-state index contributed by atoms with van der Waals surface area (Å²) in [5, 5.41) is 9.41. The predicted molar refractivity (Wildman–Crippen MR) is 107 cm³/mol. The highest BCUT2D eigenvalue weighted by Crippen LogP contribution is 2.25. The first-order chi connectivity index (χ1) is 13.4. The number of carbonyl (C=O) groups excluding carboxylic acids is 2. The fourth-order valence-electron chi connectivity index (χ4n) is 3.16. The van der Waals surface area contributed by atoms with Gasteiger partial charge in [-0.05, 0) is 56.4 Å². The number of ether oxygens (including phenoxy) is 2. The third-order valence-corrected chi connectivity index (χ3v) is 5.27. The van der Waals surface area contributed by atoms with E-state index >= 15 is 0 Å². The van der Waals surface area contributed by atoms with Gasteiger partial charge in [0.25, 0.3) is 0 Å². The summed E-state index contributed by atoms with van der Waals surface area (Å²) in [4.78, 5) is 27.5. The molecule has 0 aliphatic heterocycles. The molecule has 0 aromatic heterocycles. The summed E-state index contributed by atoms with van der Waals surface area (Å²) in [7, 11) is 3.45. The van der Waals surface area contributed by atoms with Gasteiger partial charge >= 0.3 is 6.09 Å². The Hall–Kier alpha value is -1.83. The maximum Gasteiger partial charge on any atom is 0.415 e. The van der Waals surface area contributed by atoms with Crippen LogP contribution in [0.2, 0.25) is 5.02 Å². The van der Waals surface area contributed by atoms with Gasteiger partial charge in [0.1, 0.15) is 12.4 Å². The first-order valence-electron chi connectivity index (χ1n) is 9.57. The molecule has 1 saturated carbocycles. The van der Waals surface area contributed by atoms with Crippen molar-refractivity contribution < 1.29 is 24.2 Å². The van der Waals surface area contributed by atoms with Crippen LogP contribution in [-0.4, -0.2) is 72.9 Å². The maximum absolute atomic E-state index is 12.3. The van der Waals surface area contributed by atoms with Gasteiger partial charge in [-0.3, -0.25) is 4.79 Å². The Morgan fingerprint density at radius 3 is 2.39 bits per heavy atom. The van der Waals surface area contributed by atoms with Crippen molar-refractivity contribution in [3.05, 3.63) is 29.3 Å². The molecule has 0 bridgehead atoms. The van der Waals surface area contributed by atoms with Crippen molar-refractivity contribution in [3.8, 4) is 5.75 Å². The summed E-state index contributed by atoms with van der Waals surface area (Å²) in [5.74, 6) is 0.376. The predicted octanol–water partition coefficient (Wildman–Crippen LogP) is 2.94. The Balaban J connectivity index is 1.71. The lowest BCUT2D eigenvalue weighted by atomic mass is 9.92. The third kappa shape index (κ3) is 6.96. The van der Waals surface area contributed by atoms with E-state index in [0.717, 1.165) is 25.7 Å². The number of carbonyl (C=O) groups is 2. The monoisotopic (exact) mass is 412 g/mol. The number of aliphatic hydroxyl groups is 1. The molecule has 1 N–H and O–H groups in total. The van der Waals surface area contributed by atoms with Gasteiger partial charge in [0.2, 0.25) is 5.91 Å². The van der Waals surface area contributed by atoms with E-state index in [9.17, 15) is 9.59 Å². The highest BCUT2D eigenvalue weighted by molar-refractivity contribution is 6.30. The topological polar surface area (TPSA) is 79.3 Å². The molecule has 2 rings (SSSR count). The molecule has 0 unspecified atom stereocenters. The first-order valence-corrected chi connectivity index (χ1v) is 9.95. The van der Waals surface area contributed by atoms with Crippen LogP contribution >= 0.6 is 11.6 Å².